The zero-order valence-corrected chi connectivity index (χ0v) is 17.9. The van der Waals surface area contributed by atoms with Gasteiger partial charge in [0.15, 0.2) is 9.84 Å². The third kappa shape index (κ3) is 4.89. The minimum Gasteiger partial charge on any atom is -0.491 e. The van der Waals surface area contributed by atoms with Crippen LogP contribution in [0.15, 0.2) is 83.8 Å². The van der Waals surface area contributed by atoms with Crippen LogP contribution >= 0.6 is 0 Å². The van der Waals surface area contributed by atoms with Gasteiger partial charge in [0.25, 0.3) is 5.91 Å². The summed E-state index contributed by atoms with van der Waals surface area (Å²) >= 11 is 0. The van der Waals surface area contributed by atoms with Crippen LogP contribution in [-0.4, -0.2) is 32.7 Å². The van der Waals surface area contributed by atoms with Gasteiger partial charge in [0.2, 0.25) is 0 Å². The molecule has 0 aliphatic carbocycles. The van der Waals surface area contributed by atoms with Crippen molar-refractivity contribution in [1.29, 1.82) is 0 Å². The Hall–Kier alpha value is -3.12. The van der Waals surface area contributed by atoms with Crippen LogP contribution in [-0.2, 0) is 9.84 Å². The van der Waals surface area contributed by atoms with Crippen LogP contribution in [0.4, 0.5) is 0 Å². The number of sulfone groups is 1. The molecule has 30 heavy (non-hydrogen) atoms. The van der Waals surface area contributed by atoms with Gasteiger partial charge in [-0.2, -0.15) is 0 Å². The average molecular weight is 424 g/mol. The monoisotopic (exact) mass is 423 g/mol. The molecule has 0 aliphatic heterocycles. The lowest BCUT2D eigenvalue weighted by Gasteiger charge is -2.14. The molecular formula is C24H25NO4S. The van der Waals surface area contributed by atoms with E-state index in [1.165, 1.54) is 12.1 Å². The summed E-state index contributed by atoms with van der Waals surface area (Å²) < 4.78 is 31.0. The van der Waals surface area contributed by atoms with Crippen molar-refractivity contribution < 1.29 is 17.9 Å². The fraction of sp³-hybridized carbons (Fsp3) is 0.208. The van der Waals surface area contributed by atoms with Gasteiger partial charge in [0, 0.05) is 5.56 Å². The average Bonchev–Trinajstić information content (AvgIpc) is 2.77. The molecule has 3 aromatic rings. The standard InChI is InChI=1S/C24H25NO4S/c1-18(2)30(27,28)23-15-9-7-13-21(23)24(26)25-16-17-29-22-14-8-6-12-20(22)19-10-4-3-5-11-19/h3-15,18H,16-17H2,1-2H3,(H,25,26). The maximum absolute atomic E-state index is 12.6. The van der Waals surface area contributed by atoms with E-state index in [0.717, 1.165) is 16.9 Å². The smallest absolute Gasteiger partial charge is 0.252 e. The number of amides is 1. The molecule has 0 atom stereocenters. The van der Waals surface area contributed by atoms with Gasteiger partial charge in [-0.25, -0.2) is 8.42 Å². The van der Waals surface area contributed by atoms with Gasteiger partial charge in [-0.15, -0.1) is 0 Å². The van der Waals surface area contributed by atoms with Crippen molar-refractivity contribution >= 4 is 15.7 Å². The molecule has 0 bridgehead atoms. The van der Waals surface area contributed by atoms with Gasteiger partial charge in [-0.1, -0.05) is 60.7 Å². The molecule has 0 spiro atoms. The lowest BCUT2D eigenvalue weighted by molar-refractivity contribution is 0.0943. The first-order valence-electron chi connectivity index (χ1n) is 9.79. The van der Waals surface area contributed by atoms with Gasteiger partial charge in [0.05, 0.1) is 22.3 Å². The summed E-state index contributed by atoms with van der Waals surface area (Å²) in [5.41, 5.74) is 2.17. The highest BCUT2D eigenvalue weighted by molar-refractivity contribution is 7.92. The van der Waals surface area contributed by atoms with Crippen LogP contribution in [0.5, 0.6) is 5.75 Å². The molecule has 3 rings (SSSR count). The fourth-order valence-corrected chi connectivity index (χ4v) is 4.27. The van der Waals surface area contributed by atoms with Crippen molar-refractivity contribution in [2.75, 3.05) is 13.2 Å². The first-order chi connectivity index (χ1) is 14.4. The first kappa shape index (κ1) is 21.6. The molecule has 1 N–H and O–H groups in total. The van der Waals surface area contributed by atoms with E-state index < -0.39 is 21.0 Å². The third-order valence-electron chi connectivity index (χ3n) is 4.68. The maximum Gasteiger partial charge on any atom is 0.252 e. The van der Waals surface area contributed by atoms with E-state index in [9.17, 15) is 13.2 Å². The molecule has 0 fully saturated rings. The second kappa shape index (κ2) is 9.59. The van der Waals surface area contributed by atoms with Crippen molar-refractivity contribution in [1.82, 2.24) is 5.32 Å². The molecule has 0 unspecified atom stereocenters. The van der Waals surface area contributed by atoms with Crippen LogP contribution in [0.25, 0.3) is 11.1 Å². The number of para-hydroxylation sites is 1. The number of benzene rings is 3. The predicted octanol–water partition coefficient (Wildman–Crippen LogP) is 4.34. The van der Waals surface area contributed by atoms with Crippen molar-refractivity contribution in [3.05, 3.63) is 84.4 Å². The van der Waals surface area contributed by atoms with Crippen LogP contribution in [0.1, 0.15) is 24.2 Å². The normalized spacial score (nSPS) is 11.3. The molecule has 0 aliphatic rings. The van der Waals surface area contributed by atoms with E-state index in [0.29, 0.717) is 0 Å². The van der Waals surface area contributed by atoms with Crippen LogP contribution in [0, 0.1) is 0 Å². The van der Waals surface area contributed by atoms with Gasteiger partial charge >= 0.3 is 0 Å². The molecule has 0 radical (unpaired) electrons. The lowest BCUT2D eigenvalue weighted by Crippen LogP contribution is -2.30. The Bertz CT molecular complexity index is 1110. The highest BCUT2D eigenvalue weighted by Gasteiger charge is 2.25. The summed E-state index contributed by atoms with van der Waals surface area (Å²) in [5, 5.41) is 2.14. The third-order valence-corrected chi connectivity index (χ3v) is 6.89. The molecule has 0 saturated heterocycles. The van der Waals surface area contributed by atoms with E-state index in [2.05, 4.69) is 5.32 Å². The summed E-state index contributed by atoms with van der Waals surface area (Å²) in [5.74, 6) is 0.288. The van der Waals surface area contributed by atoms with Gasteiger partial charge in [-0.3, -0.25) is 4.79 Å². The Morgan fingerprint density at radius 1 is 0.900 bits per heavy atom. The predicted molar refractivity (Wildman–Crippen MR) is 118 cm³/mol. The lowest BCUT2D eigenvalue weighted by atomic mass is 10.1. The largest absolute Gasteiger partial charge is 0.491 e. The van der Waals surface area contributed by atoms with Crippen LogP contribution in [0.2, 0.25) is 0 Å². The van der Waals surface area contributed by atoms with Gasteiger partial charge in [-0.05, 0) is 37.6 Å². The van der Waals surface area contributed by atoms with Crippen molar-refractivity contribution in [2.24, 2.45) is 0 Å². The number of carbonyl (C=O) groups excluding carboxylic acids is 1. The summed E-state index contributed by atoms with van der Waals surface area (Å²) in [6, 6.07) is 23.9. The minimum atomic E-state index is -3.55. The van der Waals surface area contributed by atoms with Crippen molar-refractivity contribution in [3.8, 4) is 16.9 Å². The van der Waals surface area contributed by atoms with Crippen molar-refractivity contribution in [2.45, 2.75) is 24.0 Å². The van der Waals surface area contributed by atoms with Gasteiger partial charge in [0.1, 0.15) is 12.4 Å². The number of carbonyl (C=O) groups is 1. The molecule has 1 amide bonds. The molecule has 0 saturated carbocycles. The number of hydrogen-bond donors (Lipinski definition) is 1. The number of nitrogens with one attached hydrogen (secondary N) is 1. The number of ether oxygens (including phenoxy) is 1. The fourth-order valence-electron chi connectivity index (χ4n) is 3.03. The number of rotatable bonds is 8. The molecule has 3 aromatic carbocycles. The SMILES string of the molecule is CC(C)S(=O)(=O)c1ccccc1C(=O)NCCOc1ccccc1-c1ccccc1. The summed E-state index contributed by atoms with van der Waals surface area (Å²) in [6.07, 6.45) is 0. The summed E-state index contributed by atoms with van der Waals surface area (Å²) in [4.78, 5) is 12.7. The molecule has 0 aromatic heterocycles. The summed E-state index contributed by atoms with van der Waals surface area (Å²) in [6.45, 7) is 3.71. The second-order valence-corrected chi connectivity index (χ2v) is 9.53. The molecule has 0 heterocycles. The highest BCUT2D eigenvalue weighted by Crippen LogP contribution is 2.29. The van der Waals surface area contributed by atoms with E-state index in [1.807, 2.05) is 54.6 Å². The number of hydrogen-bond acceptors (Lipinski definition) is 4. The molecular weight excluding hydrogens is 398 g/mol. The van der Waals surface area contributed by atoms with E-state index >= 15 is 0 Å². The van der Waals surface area contributed by atoms with Crippen molar-refractivity contribution in [3.63, 3.8) is 0 Å². The highest BCUT2D eigenvalue weighted by atomic mass is 32.2. The van der Waals surface area contributed by atoms with E-state index in [1.54, 1.807) is 26.0 Å². The van der Waals surface area contributed by atoms with Gasteiger partial charge < -0.3 is 10.1 Å². The molecule has 6 heteroatoms. The van der Waals surface area contributed by atoms with E-state index in [-0.39, 0.29) is 23.6 Å². The Morgan fingerprint density at radius 3 is 2.27 bits per heavy atom. The Balaban J connectivity index is 1.65. The Kier molecular flexibility index (Phi) is 6.90. The molecule has 5 nitrogen and oxygen atoms in total. The second-order valence-electron chi connectivity index (χ2n) is 7.06. The van der Waals surface area contributed by atoms with E-state index in [4.69, 9.17) is 4.74 Å². The van der Waals surface area contributed by atoms with Crippen LogP contribution < -0.4 is 10.1 Å². The quantitative estimate of drug-likeness (QED) is 0.547. The Labute approximate surface area is 177 Å². The Morgan fingerprint density at radius 2 is 1.53 bits per heavy atom. The molecule has 156 valence electrons. The maximum atomic E-state index is 12.6. The minimum absolute atomic E-state index is 0.0489. The topological polar surface area (TPSA) is 72.5 Å². The zero-order valence-electron chi connectivity index (χ0n) is 17.0. The summed E-state index contributed by atoms with van der Waals surface area (Å²) in [7, 11) is -3.55. The van der Waals surface area contributed by atoms with Crippen LogP contribution in [0.3, 0.4) is 0 Å². The first-order valence-corrected chi connectivity index (χ1v) is 11.3. The zero-order chi connectivity index (χ0) is 21.6.